The third kappa shape index (κ3) is 0.633. The van der Waals surface area contributed by atoms with Crippen molar-refractivity contribution in [3.8, 4) is 0 Å². The number of hydrogen-bond donors (Lipinski definition) is 0. The highest BCUT2D eigenvalue weighted by molar-refractivity contribution is 5.39. The highest BCUT2D eigenvalue weighted by Crippen LogP contribution is 2.22. The zero-order valence-electron chi connectivity index (χ0n) is 4.83. The molecule has 0 unspecified atom stereocenters. The lowest BCUT2D eigenvalue weighted by molar-refractivity contribution is 0.251. The van der Waals surface area contributed by atoms with Crippen LogP contribution in [-0.4, -0.2) is 6.61 Å². The van der Waals surface area contributed by atoms with E-state index in [-0.39, 0.29) is 0 Å². The maximum Gasteiger partial charge on any atom is 0.161 e. The molecule has 0 aromatic carbocycles. The predicted octanol–water partition coefficient (Wildman–Crippen LogP) is 1.33. The molecule has 0 aromatic rings. The van der Waals surface area contributed by atoms with E-state index < -0.39 is 0 Å². The van der Waals surface area contributed by atoms with Gasteiger partial charge >= 0.3 is 0 Å². The van der Waals surface area contributed by atoms with E-state index in [2.05, 4.69) is 0 Å². The molecule has 0 aliphatic carbocycles. The Balaban J connectivity index is 2.37. The SMILES string of the molecule is C1=CC2=CCOC2=CO1. The van der Waals surface area contributed by atoms with E-state index in [1.54, 1.807) is 12.5 Å². The molecule has 0 aromatic heterocycles. The molecule has 0 bridgehead atoms. The van der Waals surface area contributed by atoms with E-state index in [0.717, 1.165) is 11.3 Å². The van der Waals surface area contributed by atoms with Crippen molar-refractivity contribution in [3.63, 3.8) is 0 Å². The van der Waals surface area contributed by atoms with Gasteiger partial charge in [0.2, 0.25) is 0 Å². The van der Waals surface area contributed by atoms with E-state index in [9.17, 15) is 0 Å². The van der Waals surface area contributed by atoms with Gasteiger partial charge in [0.25, 0.3) is 0 Å². The standard InChI is InChI=1S/C7H6O2/c1-3-8-5-7-6(1)2-4-9-7/h1-3,5H,4H2. The van der Waals surface area contributed by atoms with Gasteiger partial charge in [-0.3, -0.25) is 0 Å². The Kier molecular flexibility index (Phi) is 0.859. The molecule has 2 aliphatic heterocycles. The molecule has 0 spiro atoms. The lowest BCUT2D eigenvalue weighted by Crippen LogP contribution is -1.89. The molecule has 2 nitrogen and oxygen atoms in total. The van der Waals surface area contributed by atoms with Gasteiger partial charge in [0.15, 0.2) is 5.76 Å². The van der Waals surface area contributed by atoms with Crippen LogP contribution in [0.25, 0.3) is 0 Å². The third-order valence-corrected chi connectivity index (χ3v) is 1.33. The lowest BCUT2D eigenvalue weighted by atomic mass is 10.2. The summed E-state index contributed by atoms with van der Waals surface area (Å²) in [7, 11) is 0. The van der Waals surface area contributed by atoms with Crippen LogP contribution in [0.15, 0.2) is 36.0 Å². The van der Waals surface area contributed by atoms with Crippen molar-refractivity contribution in [2.45, 2.75) is 0 Å². The normalized spacial score (nSPS) is 21.3. The summed E-state index contributed by atoms with van der Waals surface area (Å²) in [4.78, 5) is 0. The van der Waals surface area contributed by atoms with Crippen LogP contribution < -0.4 is 0 Å². The van der Waals surface area contributed by atoms with Crippen molar-refractivity contribution in [1.82, 2.24) is 0 Å². The third-order valence-electron chi connectivity index (χ3n) is 1.33. The Morgan fingerprint density at radius 2 is 2.44 bits per heavy atom. The fourth-order valence-electron chi connectivity index (χ4n) is 0.871. The number of ether oxygens (including phenoxy) is 2. The molecule has 46 valence electrons. The first-order chi connectivity index (χ1) is 4.47. The van der Waals surface area contributed by atoms with Gasteiger partial charge < -0.3 is 9.47 Å². The molecule has 0 N–H and O–H groups in total. The molecule has 0 saturated heterocycles. The Morgan fingerprint density at radius 1 is 1.44 bits per heavy atom. The van der Waals surface area contributed by atoms with Crippen molar-refractivity contribution in [2.75, 3.05) is 6.61 Å². The summed E-state index contributed by atoms with van der Waals surface area (Å²) < 4.78 is 10.0. The molecule has 0 saturated carbocycles. The fraction of sp³-hybridized carbons (Fsp3) is 0.143. The van der Waals surface area contributed by atoms with Crippen LogP contribution in [0, 0.1) is 0 Å². The quantitative estimate of drug-likeness (QED) is 0.482. The van der Waals surface area contributed by atoms with Crippen molar-refractivity contribution >= 4 is 0 Å². The van der Waals surface area contributed by atoms with Crippen molar-refractivity contribution in [3.05, 3.63) is 36.0 Å². The molecule has 2 heterocycles. The van der Waals surface area contributed by atoms with E-state index in [4.69, 9.17) is 9.47 Å². The van der Waals surface area contributed by atoms with Crippen LogP contribution in [0.1, 0.15) is 0 Å². The van der Waals surface area contributed by atoms with Crippen molar-refractivity contribution in [1.29, 1.82) is 0 Å². The Morgan fingerprint density at radius 3 is 3.33 bits per heavy atom. The smallest absolute Gasteiger partial charge is 0.161 e. The molecule has 2 rings (SSSR count). The van der Waals surface area contributed by atoms with Crippen LogP contribution in [0.3, 0.4) is 0 Å². The zero-order valence-corrected chi connectivity index (χ0v) is 4.83. The molecule has 0 amide bonds. The molecular formula is C7H6O2. The van der Waals surface area contributed by atoms with Crippen LogP contribution in [0.5, 0.6) is 0 Å². The zero-order chi connectivity index (χ0) is 6.10. The van der Waals surface area contributed by atoms with Crippen molar-refractivity contribution in [2.24, 2.45) is 0 Å². The first-order valence-electron chi connectivity index (χ1n) is 2.82. The van der Waals surface area contributed by atoms with Gasteiger partial charge in [-0.05, 0) is 12.2 Å². The summed E-state index contributed by atoms with van der Waals surface area (Å²) in [6.07, 6.45) is 7.16. The summed E-state index contributed by atoms with van der Waals surface area (Å²) >= 11 is 0. The van der Waals surface area contributed by atoms with Gasteiger partial charge in [0.1, 0.15) is 12.9 Å². The molecule has 2 heteroatoms. The summed E-state index contributed by atoms with van der Waals surface area (Å²) in [6.45, 7) is 0.675. The first-order valence-corrected chi connectivity index (χ1v) is 2.82. The fourth-order valence-corrected chi connectivity index (χ4v) is 0.871. The minimum atomic E-state index is 0.675. The van der Waals surface area contributed by atoms with E-state index in [1.807, 2.05) is 12.2 Å². The van der Waals surface area contributed by atoms with Crippen molar-refractivity contribution < 1.29 is 9.47 Å². The minimum absolute atomic E-state index is 0.675. The second kappa shape index (κ2) is 1.65. The van der Waals surface area contributed by atoms with Gasteiger partial charge in [-0.2, -0.15) is 0 Å². The van der Waals surface area contributed by atoms with Gasteiger partial charge in [-0.1, -0.05) is 0 Å². The monoisotopic (exact) mass is 122 g/mol. The maximum atomic E-state index is 5.15. The van der Waals surface area contributed by atoms with Crippen LogP contribution >= 0.6 is 0 Å². The number of hydrogen-bond acceptors (Lipinski definition) is 2. The second-order valence-electron chi connectivity index (χ2n) is 1.89. The van der Waals surface area contributed by atoms with E-state index >= 15 is 0 Å². The molecule has 0 fully saturated rings. The molecule has 2 aliphatic rings. The highest BCUT2D eigenvalue weighted by Gasteiger charge is 2.12. The largest absolute Gasteiger partial charge is 0.486 e. The number of rotatable bonds is 0. The maximum absolute atomic E-state index is 5.15. The molecule has 0 atom stereocenters. The Labute approximate surface area is 53.1 Å². The number of allylic oxidation sites excluding steroid dienone is 1. The Bertz CT molecular complexity index is 211. The average Bonchev–Trinajstić information content (AvgIpc) is 2.33. The molecule has 0 radical (unpaired) electrons. The van der Waals surface area contributed by atoms with Crippen LogP contribution in [0.4, 0.5) is 0 Å². The number of fused-ring (bicyclic) bond motifs is 1. The van der Waals surface area contributed by atoms with E-state index in [0.29, 0.717) is 6.61 Å². The summed E-state index contributed by atoms with van der Waals surface area (Å²) in [6, 6.07) is 0. The van der Waals surface area contributed by atoms with Gasteiger partial charge in [0.05, 0.1) is 6.26 Å². The van der Waals surface area contributed by atoms with Crippen LogP contribution in [-0.2, 0) is 9.47 Å². The Hall–Kier alpha value is -1.18. The van der Waals surface area contributed by atoms with Gasteiger partial charge in [0, 0.05) is 5.57 Å². The summed E-state index contributed by atoms with van der Waals surface area (Å²) in [5.74, 6) is 0.845. The topological polar surface area (TPSA) is 18.5 Å². The summed E-state index contributed by atoms with van der Waals surface area (Å²) in [5.41, 5.74) is 1.13. The highest BCUT2D eigenvalue weighted by atomic mass is 16.5. The summed E-state index contributed by atoms with van der Waals surface area (Å²) in [5, 5.41) is 0. The van der Waals surface area contributed by atoms with E-state index in [1.165, 1.54) is 0 Å². The second-order valence-corrected chi connectivity index (χ2v) is 1.89. The predicted molar refractivity (Wildman–Crippen MR) is 32.3 cm³/mol. The molecular weight excluding hydrogens is 116 g/mol. The lowest BCUT2D eigenvalue weighted by Gasteiger charge is -2.04. The van der Waals surface area contributed by atoms with Gasteiger partial charge in [-0.15, -0.1) is 0 Å². The first kappa shape index (κ1) is 4.68. The average molecular weight is 122 g/mol. The van der Waals surface area contributed by atoms with Gasteiger partial charge in [-0.25, -0.2) is 0 Å². The molecule has 9 heavy (non-hydrogen) atoms. The van der Waals surface area contributed by atoms with Crippen LogP contribution in [0.2, 0.25) is 0 Å². The minimum Gasteiger partial charge on any atom is -0.486 e.